The lowest BCUT2D eigenvalue weighted by Gasteiger charge is -2.29. The first-order valence-electron chi connectivity index (χ1n) is 11.4. The van der Waals surface area contributed by atoms with Crippen LogP contribution in [0.5, 0.6) is 0 Å². The summed E-state index contributed by atoms with van der Waals surface area (Å²) in [6.45, 7) is -0.101. The molecule has 35 heavy (non-hydrogen) atoms. The maximum absolute atomic E-state index is 13.9. The second-order valence-corrected chi connectivity index (χ2v) is 13.4. The van der Waals surface area contributed by atoms with Crippen molar-refractivity contribution in [3.05, 3.63) is 62.7 Å². The van der Waals surface area contributed by atoms with Gasteiger partial charge in [-0.15, -0.1) is 0 Å². The Morgan fingerprint density at radius 3 is 2.31 bits per heavy atom. The molecule has 2 aliphatic carbocycles. The number of nitriles is 1. The fourth-order valence-corrected chi connectivity index (χ4v) is 7.43. The van der Waals surface area contributed by atoms with E-state index in [1.807, 2.05) is 24.3 Å². The first kappa shape index (κ1) is 24.5. The van der Waals surface area contributed by atoms with Crippen LogP contribution in [0, 0.1) is 14.9 Å². The highest BCUT2D eigenvalue weighted by Gasteiger charge is 2.58. The SMILES string of the molecule is N#CC1(NC(=O)C2CC(S(=O)(=O)c3ccccc3Cl)CN2C(=O)C2(c3ccc(I)cc3)CC2)CC1. The average Bonchev–Trinajstić information content (AvgIpc) is 3.76. The van der Waals surface area contributed by atoms with E-state index in [9.17, 15) is 23.3 Å². The number of likely N-dealkylation sites (tertiary alicyclic amines) is 1. The number of sulfone groups is 1. The number of amides is 2. The molecule has 10 heteroatoms. The molecule has 1 heterocycles. The van der Waals surface area contributed by atoms with Crippen molar-refractivity contribution in [2.45, 2.75) is 59.2 Å². The molecule has 7 nitrogen and oxygen atoms in total. The van der Waals surface area contributed by atoms with Crippen molar-refractivity contribution in [3.8, 4) is 6.07 Å². The Morgan fingerprint density at radius 1 is 1.09 bits per heavy atom. The zero-order chi connectivity index (χ0) is 25.0. The molecule has 3 aliphatic rings. The fourth-order valence-electron chi connectivity index (χ4n) is 4.85. The number of carbonyl (C=O) groups excluding carboxylic acids is 2. The third kappa shape index (κ3) is 4.34. The summed E-state index contributed by atoms with van der Waals surface area (Å²) in [5.41, 5.74) is -0.799. The van der Waals surface area contributed by atoms with Crippen molar-refractivity contribution in [1.82, 2.24) is 10.2 Å². The summed E-state index contributed by atoms with van der Waals surface area (Å²) < 4.78 is 28.1. The van der Waals surface area contributed by atoms with Gasteiger partial charge in [0.15, 0.2) is 9.84 Å². The minimum atomic E-state index is -3.90. The van der Waals surface area contributed by atoms with Crippen LogP contribution in [-0.2, 0) is 24.8 Å². The van der Waals surface area contributed by atoms with E-state index in [0.717, 1.165) is 9.13 Å². The normalized spacial score (nSPS) is 23.9. The standard InChI is InChI=1S/C25H23ClIN3O4S/c26-19-3-1-2-4-21(19)35(33,34)18-13-20(22(31)29-24(15-28)9-10-24)30(14-18)23(32)25(11-12-25)16-5-7-17(27)8-6-16/h1-8,18,20H,9-14H2,(H,29,31). The van der Waals surface area contributed by atoms with E-state index in [2.05, 4.69) is 34.0 Å². The van der Waals surface area contributed by atoms with Gasteiger partial charge in [0.2, 0.25) is 11.8 Å². The Bertz CT molecular complexity index is 1350. The number of hydrogen-bond acceptors (Lipinski definition) is 5. The third-order valence-electron chi connectivity index (χ3n) is 7.29. The molecule has 182 valence electrons. The lowest BCUT2D eigenvalue weighted by molar-refractivity contribution is -0.140. The van der Waals surface area contributed by atoms with Gasteiger partial charge in [-0.25, -0.2) is 8.42 Å². The van der Waals surface area contributed by atoms with Crippen LogP contribution >= 0.6 is 34.2 Å². The second-order valence-electron chi connectivity index (χ2n) is 9.58. The van der Waals surface area contributed by atoms with Gasteiger partial charge in [0.1, 0.15) is 11.6 Å². The molecular weight excluding hydrogens is 601 g/mol. The number of rotatable bonds is 6. The predicted molar refractivity (Wildman–Crippen MR) is 138 cm³/mol. The number of nitrogens with one attached hydrogen (secondary N) is 1. The van der Waals surface area contributed by atoms with Gasteiger partial charge in [0.05, 0.1) is 26.7 Å². The van der Waals surface area contributed by atoms with Gasteiger partial charge in [-0.05, 0) is 84.5 Å². The summed E-state index contributed by atoms with van der Waals surface area (Å²) in [4.78, 5) is 28.6. The molecule has 2 aromatic carbocycles. The van der Waals surface area contributed by atoms with Crippen molar-refractivity contribution in [2.75, 3.05) is 6.54 Å². The number of benzene rings is 2. The summed E-state index contributed by atoms with van der Waals surface area (Å²) in [6.07, 6.45) is 2.33. The highest BCUT2D eigenvalue weighted by molar-refractivity contribution is 14.1. The van der Waals surface area contributed by atoms with E-state index >= 15 is 0 Å². The van der Waals surface area contributed by atoms with Crippen LogP contribution in [0.25, 0.3) is 0 Å². The number of hydrogen-bond donors (Lipinski definition) is 1. The fraction of sp³-hybridized carbons (Fsp3) is 0.400. The van der Waals surface area contributed by atoms with Crippen LogP contribution < -0.4 is 5.32 Å². The van der Waals surface area contributed by atoms with Crippen molar-refractivity contribution in [2.24, 2.45) is 0 Å². The molecule has 2 amide bonds. The maximum Gasteiger partial charge on any atom is 0.244 e. The highest BCUT2D eigenvalue weighted by atomic mass is 127. The zero-order valence-corrected chi connectivity index (χ0v) is 22.4. The van der Waals surface area contributed by atoms with Gasteiger partial charge in [0, 0.05) is 10.1 Å². The van der Waals surface area contributed by atoms with Gasteiger partial charge in [0.25, 0.3) is 0 Å². The van der Waals surface area contributed by atoms with E-state index in [0.29, 0.717) is 25.7 Å². The van der Waals surface area contributed by atoms with E-state index < -0.39 is 38.0 Å². The van der Waals surface area contributed by atoms with Crippen LogP contribution in [0.3, 0.4) is 0 Å². The predicted octanol–water partition coefficient (Wildman–Crippen LogP) is 3.59. The molecular formula is C25H23ClIN3O4S. The molecule has 1 N–H and O–H groups in total. The quantitative estimate of drug-likeness (QED) is 0.495. The molecule has 1 saturated heterocycles. The van der Waals surface area contributed by atoms with Gasteiger partial charge in [-0.3, -0.25) is 9.59 Å². The molecule has 0 bridgehead atoms. The van der Waals surface area contributed by atoms with Gasteiger partial charge in [-0.1, -0.05) is 35.9 Å². The molecule has 0 radical (unpaired) electrons. The van der Waals surface area contributed by atoms with Crippen molar-refractivity contribution in [3.63, 3.8) is 0 Å². The minimum absolute atomic E-state index is 0.00502. The second kappa shape index (κ2) is 8.75. The van der Waals surface area contributed by atoms with E-state index in [1.54, 1.807) is 12.1 Å². The Kier molecular flexibility index (Phi) is 6.13. The Morgan fingerprint density at radius 2 is 1.74 bits per heavy atom. The third-order valence-corrected chi connectivity index (χ3v) is 10.6. The molecule has 2 aromatic rings. The Hall–Kier alpha value is -2.16. The van der Waals surface area contributed by atoms with Crippen LogP contribution in [0.2, 0.25) is 5.02 Å². The maximum atomic E-state index is 13.9. The largest absolute Gasteiger partial charge is 0.336 e. The summed E-state index contributed by atoms with van der Waals surface area (Å²) in [5, 5.41) is 11.3. The summed E-state index contributed by atoms with van der Waals surface area (Å²) in [6, 6.07) is 15.1. The summed E-state index contributed by atoms with van der Waals surface area (Å²) in [5.74, 6) is -0.717. The number of carbonyl (C=O) groups is 2. The molecule has 0 aromatic heterocycles. The molecule has 1 aliphatic heterocycles. The number of nitrogens with zero attached hydrogens (tertiary/aromatic N) is 2. The van der Waals surface area contributed by atoms with Gasteiger partial charge >= 0.3 is 0 Å². The Labute approximate surface area is 222 Å². The lowest BCUT2D eigenvalue weighted by Crippen LogP contribution is -2.51. The summed E-state index contributed by atoms with van der Waals surface area (Å²) in [7, 11) is -3.90. The van der Waals surface area contributed by atoms with Crippen LogP contribution in [0.4, 0.5) is 0 Å². The topological polar surface area (TPSA) is 107 Å². The van der Waals surface area contributed by atoms with Crippen LogP contribution in [0.1, 0.15) is 37.7 Å². The molecule has 3 fully saturated rings. The Balaban J connectivity index is 1.48. The lowest BCUT2D eigenvalue weighted by atomic mass is 9.94. The molecule has 2 atom stereocenters. The zero-order valence-electron chi connectivity index (χ0n) is 18.7. The molecule has 2 saturated carbocycles. The monoisotopic (exact) mass is 623 g/mol. The first-order valence-corrected chi connectivity index (χ1v) is 14.4. The van der Waals surface area contributed by atoms with Crippen LogP contribution in [0.15, 0.2) is 53.4 Å². The molecule has 2 unspecified atom stereocenters. The average molecular weight is 624 g/mol. The van der Waals surface area contributed by atoms with E-state index in [-0.39, 0.29) is 28.8 Å². The van der Waals surface area contributed by atoms with Crippen LogP contribution in [-0.4, -0.2) is 48.5 Å². The highest BCUT2D eigenvalue weighted by Crippen LogP contribution is 2.51. The van der Waals surface area contributed by atoms with Crippen molar-refractivity contribution >= 4 is 55.8 Å². The van der Waals surface area contributed by atoms with Crippen molar-refractivity contribution < 1.29 is 18.0 Å². The smallest absolute Gasteiger partial charge is 0.244 e. The summed E-state index contributed by atoms with van der Waals surface area (Å²) >= 11 is 8.40. The minimum Gasteiger partial charge on any atom is -0.336 e. The van der Waals surface area contributed by atoms with Gasteiger partial charge in [-0.2, -0.15) is 5.26 Å². The van der Waals surface area contributed by atoms with Crippen molar-refractivity contribution in [1.29, 1.82) is 5.26 Å². The van der Waals surface area contributed by atoms with E-state index in [1.165, 1.54) is 17.0 Å². The first-order chi connectivity index (χ1) is 16.6. The van der Waals surface area contributed by atoms with E-state index in [4.69, 9.17) is 11.6 Å². The van der Waals surface area contributed by atoms with Gasteiger partial charge < -0.3 is 10.2 Å². The number of halogens is 2. The molecule has 0 spiro atoms. The molecule has 5 rings (SSSR count).